The lowest BCUT2D eigenvalue weighted by Crippen LogP contribution is -2.33. The number of ether oxygens (including phenoxy) is 1. The summed E-state index contributed by atoms with van der Waals surface area (Å²) in [7, 11) is 1.69. The third-order valence-corrected chi connectivity index (χ3v) is 2.15. The first kappa shape index (κ1) is 8.68. The zero-order valence-electron chi connectivity index (χ0n) is 6.95. The van der Waals surface area contributed by atoms with E-state index in [2.05, 4.69) is 4.90 Å². The lowest BCUT2D eigenvalue weighted by Gasteiger charge is -2.18. The fourth-order valence-electron chi connectivity index (χ4n) is 1.49. The molecule has 0 N–H and O–H groups in total. The first-order valence-corrected chi connectivity index (χ1v) is 4.06. The summed E-state index contributed by atoms with van der Waals surface area (Å²) in [5, 5.41) is 0. The Balaban J connectivity index is 2.25. The van der Waals surface area contributed by atoms with Gasteiger partial charge in [0.15, 0.2) is 0 Å². The predicted octanol–water partition coefficient (Wildman–Crippen LogP) is 0.296. The largest absolute Gasteiger partial charge is 0.383 e. The van der Waals surface area contributed by atoms with Crippen molar-refractivity contribution in [3.8, 4) is 0 Å². The summed E-state index contributed by atoms with van der Waals surface area (Å²) in [6, 6.07) is 0.158. The van der Waals surface area contributed by atoms with Crippen molar-refractivity contribution in [3.05, 3.63) is 0 Å². The van der Waals surface area contributed by atoms with Gasteiger partial charge in [-0.05, 0) is 19.4 Å². The van der Waals surface area contributed by atoms with Crippen LogP contribution >= 0.6 is 0 Å². The number of methoxy groups -OCH3 is 1. The average Bonchev–Trinajstić information content (AvgIpc) is 2.47. The van der Waals surface area contributed by atoms with Gasteiger partial charge in [-0.1, -0.05) is 0 Å². The normalized spacial score (nSPS) is 25.7. The van der Waals surface area contributed by atoms with Crippen LogP contribution in [0.5, 0.6) is 0 Å². The summed E-state index contributed by atoms with van der Waals surface area (Å²) in [5.41, 5.74) is 0. The first-order valence-electron chi connectivity index (χ1n) is 4.06. The van der Waals surface area contributed by atoms with Crippen molar-refractivity contribution < 1.29 is 9.53 Å². The van der Waals surface area contributed by atoms with E-state index in [1.807, 2.05) is 0 Å². The number of nitrogens with zero attached hydrogens (tertiary/aromatic N) is 1. The molecule has 1 heterocycles. The number of carbonyl (C=O) groups excluding carboxylic acids is 1. The summed E-state index contributed by atoms with van der Waals surface area (Å²) in [5.74, 6) is 0. The van der Waals surface area contributed by atoms with Gasteiger partial charge in [0.25, 0.3) is 0 Å². The van der Waals surface area contributed by atoms with Crippen LogP contribution in [0.3, 0.4) is 0 Å². The quantitative estimate of drug-likeness (QED) is 0.549. The number of hydrogen-bond acceptors (Lipinski definition) is 3. The van der Waals surface area contributed by atoms with E-state index in [0.717, 1.165) is 38.8 Å². The van der Waals surface area contributed by atoms with Crippen LogP contribution in [-0.4, -0.2) is 44.0 Å². The fraction of sp³-hybridized carbons (Fsp3) is 0.875. The van der Waals surface area contributed by atoms with Gasteiger partial charge in [-0.25, -0.2) is 0 Å². The number of hydrogen-bond donors (Lipinski definition) is 0. The Kier molecular flexibility index (Phi) is 3.52. The summed E-state index contributed by atoms with van der Waals surface area (Å²) in [6.07, 6.45) is 3.21. The molecule has 3 heteroatoms. The lowest BCUT2D eigenvalue weighted by molar-refractivity contribution is -0.111. The standard InChI is InChI=1S/C8H15NO2/c1-11-6-5-9-4-2-3-8(9)7-10/h7-8H,2-6H2,1H3/t8-/m1/s1. The van der Waals surface area contributed by atoms with Gasteiger partial charge in [0.05, 0.1) is 12.6 Å². The van der Waals surface area contributed by atoms with Gasteiger partial charge in [-0.2, -0.15) is 0 Å². The fourth-order valence-corrected chi connectivity index (χ4v) is 1.49. The monoisotopic (exact) mass is 157 g/mol. The van der Waals surface area contributed by atoms with Gasteiger partial charge in [-0.15, -0.1) is 0 Å². The van der Waals surface area contributed by atoms with Crippen molar-refractivity contribution in [2.45, 2.75) is 18.9 Å². The van der Waals surface area contributed by atoms with E-state index in [1.54, 1.807) is 7.11 Å². The highest BCUT2D eigenvalue weighted by molar-refractivity contribution is 5.58. The van der Waals surface area contributed by atoms with Crippen molar-refractivity contribution in [1.29, 1.82) is 0 Å². The summed E-state index contributed by atoms with van der Waals surface area (Å²) in [6.45, 7) is 2.66. The summed E-state index contributed by atoms with van der Waals surface area (Å²) >= 11 is 0. The molecule has 0 aromatic heterocycles. The third-order valence-electron chi connectivity index (χ3n) is 2.15. The van der Waals surface area contributed by atoms with E-state index in [-0.39, 0.29) is 6.04 Å². The predicted molar refractivity (Wildman–Crippen MR) is 42.5 cm³/mol. The molecule has 0 unspecified atom stereocenters. The maximum atomic E-state index is 10.5. The molecular formula is C8H15NO2. The van der Waals surface area contributed by atoms with E-state index in [9.17, 15) is 4.79 Å². The second-order valence-corrected chi connectivity index (χ2v) is 2.87. The van der Waals surface area contributed by atoms with E-state index in [4.69, 9.17) is 4.74 Å². The molecule has 1 aliphatic rings. The molecule has 11 heavy (non-hydrogen) atoms. The van der Waals surface area contributed by atoms with Crippen LogP contribution in [0.25, 0.3) is 0 Å². The molecule has 0 amide bonds. The maximum absolute atomic E-state index is 10.5. The van der Waals surface area contributed by atoms with Crippen LogP contribution in [0.4, 0.5) is 0 Å². The van der Waals surface area contributed by atoms with E-state index in [1.165, 1.54) is 0 Å². The van der Waals surface area contributed by atoms with Crippen molar-refractivity contribution in [3.63, 3.8) is 0 Å². The van der Waals surface area contributed by atoms with Crippen molar-refractivity contribution in [2.24, 2.45) is 0 Å². The highest BCUT2D eigenvalue weighted by Gasteiger charge is 2.22. The zero-order chi connectivity index (χ0) is 8.10. The van der Waals surface area contributed by atoms with Crippen LogP contribution in [0.2, 0.25) is 0 Å². The summed E-state index contributed by atoms with van der Waals surface area (Å²) in [4.78, 5) is 12.7. The SMILES string of the molecule is COCCN1CCC[C@@H]1C=O. The first-order chi connectivity index (χ1) is 5.38. The highest BCUT2D eigenvalue weighted by atomic mass is 16.5. The second kappa shape index (κ2) is 4.46. The zero-order valence-corrected chi connectivity index (χ0v) is 6.95. The number of likely N-dealkylation sites (tertiary alicyclic amines) is 1. The number of carbonyl (C=O) groups is 1. The van der Waals surface area contributed by atoms with Crippen molar-refractivity contribution in [1.82, 2.24) is 4.90 Å². The highest BCUT2D eigenvalue weighted by Crippen LogP contribution is 2.13. The molecule has 0 aromatic rings. The minimum atomic E-state index is 0.158. The molecule has 1 aliphatic heterocycles. The molecule has 1 fully saturated rings. The third kappa shape index (κ3) is 2.27. The van der Waals surface area contributed by atoms with Crippen LogP contribution in [-0.2, 0) is 9.53 Å². The maximum Gasteiger partial charge on any atom is 0.137 e. The molecule has 0 spiro atoms. The van der Waals surface area contributed by atoms with Crippen LogP contribution < -0.4 is 0 Å². The Morgan fingerprint density at radius 2 is 2.55 bits per heavy atom. The van der Waals surface area contributed by atoms with Gasteiger partial charge < -0.3 is 9.53 Å². The molecule has 0 saturated carbocycles. The molecule has 0 bridgehead atoms. The molecule has 1 rings (SSSR count). The Morgan fingerprint density at radius 1 is 1.73 bits per heavy atom. The molecule has 3 nitrogen and oxygen atoms in total. The molecule has 1 atom stereocenters. The average molecular weight is 157 g/mol. The Bertz CT molecular complexity index is 127. The Morgan fingerprint density at radius 3 is 3.18 bits per heavy atom. The minimum absolute atomic E-state index is 0.158. The van der Waals surface area contributed by atoms with E-state index >= 15 is 0 Å². The lowest BCUT2D eigenvalue weighted by atomic mass is 10.2. The van der Waals surface area contributed by atoms with Gasteiger partial charge in [0.2, 0.25) is 0 Å². The van der Waals surface area contributed by atoms with E-state index in [0.29, 0.717) is 0 Å². The van der Waals surface area contributed by atoms with Crippen LogP contribution in [0.15, 0.2) is 0 Å². The van der Waals surface area contributed by atoms with E-state index < -0.39 is 0 Å². The van der Waals surface area contributed by atoms with Crippen LogP contribution in [0, 0.1) is 0 Å². The molecule has 64 valence electrons. The molecule has 0 aromatic carbocycles. The number of rotatable bonds is 4. The Hall–Kier alpha value is -0.410. The van der Waals surface area contributed by atoms with Gasteiger partial charge in [0.1, 0.15) is 6.29 Å². The minimum Gasteiger partial charge on any atom is -0.383 e. The molecule has 0 aliphatic carbocycles. The molecule has 0 radical (unpaired) electrons. The number of aldehydes is 1. The smallest absolute Gasteiger partial charge is 0.137 e. The van der Waals surface area contributed by atoms with Gasteiger partial charge >= 0.3 is 0 Å². The van der Waals surface area contributed by atoms with Crippen molar-refractivity contribution >= 4 is 6.29 Å². The molecule has 1 saturated heterocycles. The molecular weight excluding hydrogens is 142 g/mol. The van der Waals surface area contributed by atoms with Gasteiger partial charge in [-0.3, -0.25) is 4.90 Å². The topological polar surface area (TPSA) is 29.5 Å². The Labute approximate surface area is 67.3 Å². The van der Waals surface area contributed by atoms with Gasteiger partial charge in [0, 0.05) is 13.7 Å². The van der Waals surface area contributed by atoms with Crippen LogP contribution in [0.1, 0.15) is 12.8 Å². The summed E-state index contributed by atoms with van der Waals surface area (Å²) < 4.78 is 4.94. The van der Waals surface area contributed by atoms with Crippen molar-refractivity contribution in [2.75, 3.05) is 26.8 Å². The second-order valence-electron chi connectivity index (χ2n) is 2.87.